The van der Waals surface area contributed by atoms with Gasteiger partial charge in [0.15, 0.2) is 5.69 Å². The standard InChI is InChI=1S/C15H14ClF5N4O/c1-8-12(16)13(15(19,20)21)24-25(8)6-2-5-22-14(26)23-11-4-3-9(17)7-10(11)18/h3-4,7H,2,5-6H2,1H3,(H2,22,23,26). The van der Waals surface area contributed by atoms with E-state index in [9.17, 15) is 26.7 Å². The summed E-state index contributed by atoms with van der Waals surface area (Å²) in [5.74, 6) is -1.71. The molecule has 0 aliphatic rings. The van der Waals surface area contributed by atoms with Gasteiger partial charge in [0.1, 0.15) is 11.6 Å². The number of carbonyl (C=O) groups excluding carboxylic acids is 1. The molecule has 0 bridgehead atoms. The van der Waals surface area contributed by atoms with Crippen molar-refractivity contribution in [2.45, 2.75) is 26.1 Å². The van der Waals surface area contributed by atoms with Crippen LogP contribution in [0.3, 0.4) is 0 Å². The Morgan fingerprint density at radius 1 is 1.31 bits per heavy atom. The Labute approximate surface area is 150 Å². The van der Waals surface area contributed by atoms with E-state index in [-0.39, 0.29) is 30.9 Å². The average molecular weight is 397 g/mol. The highest BCUT2D eigenvalue weighted by Crippen LogP contribution is 2.35. The lowest BCUT2D eigenvalue weighted by molar-refractivity contribution is -0.141. The molecular weight excluding hydrogens is 383 g/mol. The van der Waals surface area contributed by atoms with Crippen molar-refractivity contribution in [1.29, 1.82) is 0 Å². The fraction of sp³-hybridized carbons (Fsp3) is 0.333. The molecule has 2 aromatic rings. The lowest BCUT2D eigenvalue weighted by atomic mass is 10.3. The second-order valence-electron chi connectivity index (χ2n) is 5.33. The molecule has 1 aromatic heterocycles. The molecule has 0 saturated heterocycles. The van der Waals surface area contributed by atoms with Gasteiger partial charge in [0, 0.05) is 19.2 Å². The van der Waals surface area contributed by atoms with Crippen molar-refractivity contribution in [1.82, 2.24) is 15.1 Å². The van der Waals surface area contributed by atoms with E-state index in [4.69, 9.17) is 11.6 Å². The molecule has 0 unspecified atom stereocenters. The molecule has 2 amide bonds. The number of halogens is 6. The molecule has 5 nitrogen and oxygen atoms in total. The van der Waals surface area contributed by atoms with E-state index in [0.717, 1.165) is 16.8 Å². The van der Waals surface area contributed by atoms with E-state index >= 15 is 0 Å². The first-order valence-corrected chi connectivity index (χ1v) is 7.77. The Kier molecular flexibility index (Phi) is 6.06. The summed E-state index contributed by atoms with van der Waals surface area (Å²) in [5.41, 5.74) is -1.19. The summed E-state index contributed by atoms with van der Waals surface area (Å²) in [4.78, 5) is 11.6. The fourth-order valence-corrected chi connectivity index (χ4v) is 2.35. The van der Waals surface area contributed by atoms with Crippen molar-refractivity contribution < 1.29 is 26.7 Å². The first-order valence-electron chi connectivity index (χ1n) is 7.39. The van der Waals surface area contributed by atoms with Gasteiger partial charge >= 0.3 is 12.2 Å². The van der Waals surface area contributed by atoms with Crippen LogP contribution in [-0.4, -0.2) is 22.4 Å². The zero-order chi connectivity index (χ0) is 19.5. The topological polar surface area (TPSA) is 59.0 Å². The summed E-state index contributed by atoms with van der Waals surface area (Å²) in [5, 5.41) is 7.57. The molecule has 11 heteroatoms. The molecule has 1 aromatic carbocycles. The first kappa shape index (κ1) is 20.0. The number of aryl methyl sites for hydroxylation is 1. The van der Waals surface area contributed by atoms with Gasteiger partial charge in [-0.2, -0.15) is 18.3 Å². The minimum absolute atomic E-state index is 0.0901. The Hall–Kier alpha value is -2.36. The van der Waals surface area contributed by atoms with E-state index in [1.165, 1.54) is 6.92 Å². The maximum atomic E-state index is 13.4. The van der Waals surface area contributed by atoms with Crippen LogP contribution in [0, 0.1) is 18.6 Å². The number of hydrogen-bond donors (Lipinski definition) is 2. The highest BCUT2D eigenvalue weighted by molar-refractivity contribution is 6.31. The average Bonchev–Trinajstić information content (AvgIpc) is 2.82. The number of nitrogens with zero attached hydrogens (tertiary/aromatic N) is 2. The van der Waals surface area contributed by atoms with Crippen LogP contribution in [0.2, 0.25) is 5.02 Å². The molecular formula is C15H14ClF5N4O. The monoisotopic (exact) mass is 396 g/mol. The number of carbonyl (C=O) groups is 1. The predicted octanol–water partition coefficient (Wildman–Crippen LogP) is 4.35. The number of benzene rings is 1. The van der Waals surface area contributed by atoms with Crippen LogP contribution >= 0.6 is 11.6 Å². The highest BCUT2D eigenvalue weighted by Gasteiger charge is 2.38. The fourth-order valence-electron chi connectivity index (χ4n) is 2.11. The van der Waals surface area contributed by atoms with Gasteiger partial charge in [-0.1, -0.05) is 11.6 Å². The molecule has 0 atom stereocenters. The van der Waals surface area contributed by atoms with Gasteiger partial charge in [-0.25, -0.2) is 13.6 Å². The maximum absolute atomic E-state index is 13.4. The van der Waals surface area contributed by atoms with Crippen LogP contribution in [0.4, 0.5) is 32.4 Å². The number of nitrogens with one attached hydrogen (secondary N) is 2. The van der Waals surface area contributed by atoms with Crippen molar-refractivity contribution in [2.24, 2.45) is 0 Å². The third-order valence-corrected chi connectivity index (χ3v) is 3.87. The lowest BCUT2D eigenvalue weighted by Crippen LogP contribution is -2.30. The molecule has 2 rings (SSSR count). The Bertz CT molecular complexity index is 806. The van der Waals surface area contributed by atoms with Crippen molar-refractivity contribution in [2.75, 3.05) is 11.9 Å². The van der Waals surface area contributed by atoms with Crippen LogP contribution in [0.15, 0.2) is 18.2 Å². The number of rotatable bonds is 5. The third kappa shape index (κ3) is 4.84. The molecule has 0 fully saturated rings. The Morgan fingerprint density at radius 3 is 2.58 bits per heavy atom. The smallest absolute Gasteiger partial charge is 0.338 e. The molecule has 0 radical (unpaired) electrons. The van der Waals surface area contributed by atoms with Crippen molar-refractivity contribution >= 4 is 23.3 Å². The normalized spacial score (nSPS) is 11.5. The minimum Gasteiger partial charge on any atom is -0.338 e. The van der Waals surface area contributed by atoms with Gasteiger partial charge in [-0.3, -0.25) is 4.68 Å². The molecule has 0 saturated carbocycles. The quantitative estimate of drug-likeness (QED) is 0.583. The molecule has 2 N–H and O–H groups in total. The van der Waals surface area contributed by atoms with Crippen LogP contribution < -0.4 is 10.6 Å². The van der Waals surface area contributed by atoms with E-state index in [1.54, 1.807) is 0 Å². The highest BCUT2D eigenvalue weighted by atomic mass is 35.5. The van der Waals surface area contributed by atoms with Crippen molar-refractivity contribution in [3.8, 4) is 0 Å². The second-order valence-corrected chi connectivity index (χ2v) is 5.71. The molecule has 0 spiro atoms. The van der Waals surface area contributed by atoms with Crippen LogP contribution in [0.1, 0.15) is 17.8 Å². The number of hydrogen-bond acceptors (Lipinski definition) is 2. The zero-order valence-corrected chi connectivity index (χ0v) is 14.2. The predicted molar refractivity (Wildman–Crippen MR) is 85.0 cm³/mol. The second kappa shape index (κ2) is 7.90. The maximum Gasteiger partial charge on any atom is 0.436 e. The van der Waals surface area contributed by atoms with E-state index < -0.39 is 34.6 Å². The largest absolute Gasteiger partial charge is 0.436 e. The summed E-state index contributed by atoms with van der Waals surface area (Å²) in [6.07, 6.45) is -4.39. The molecule has 0 aliphatic carbocycles. The third-order valence-electron chi connectivity index (χ3n) is 3.41. The first-order chi connectivity index (χ1) is 12.1. The van der Waals surface area contributed by atoms with Crippen LogP contribution in [0.25, 0.3) is 0 Å². The van der Waals surface area contributed by atoms with Crippen LogP contribution in [0.5, 0.6) is 0 Å². The zero-order valence-electron chi connectivity index (χ0n) is 13.4. The number of alkyl halides is 3. The summed E-state index contributed by atoms with van der Waals surface area (Å²) >= 11 is 5.63. The van der Waals surface area contributed by atoms with Gasteiger partial charge in [0.05, 0.1) is 16.4 Å². The number of amides is 2. The van der Waals surface area contributed by atoms with Crippen molar-refractivity contribution in [3.63, 3.8) is 0 Å². The molecule has 0 aliphatic heterocycles. The number of urea groups is 1. The Morgan fingerprint density at radius 2 is 2.00 bits per heavy atom. The summed E-state index contributed by atoms with van der Waals surface area (Å²) in [6.45, 7) is 1.59. The van der Waals surface area contributed by atoms with Gasteiger partial charge < -0.3 is 10.6 Å². The van der Waals surface area contributed by atoms with E-state index in [1.807, 2.05) is 0 Å². The SMILES string of the molecule is Cc1c(Cl)c(C(F)(F)F)nn1CCCNC(=O)Nc1ccc(F)cc1F. The summed E-state index contributed by atoms with van der Waals surface area (Å²) in [6, 6.07) is 1.94. The van der Waals surface area contributed by atoms with Crippen molar-refractivity contribution in [3.05, 3.63) is 46.2 Å². The molecule has 1 heterocycles. The number of anilines is 1. The summed E-state index contributed by atoms with van der Waals surface area (Å²) < 4.78 is 65.4. The molecule has 26 heavy (non-hydrogen) atoms. The van der Waals surface area contributed by atoms with Gasteiger partial charge in [0.2, 0.25) is 0 Å². The van der Waals surface area contributed by atoms with Gasteiger partial charge in [0.25, 0.3) is 0 Å². The van der Waals surface area contributed by atoms with E-state index in [2.05, 4.69) is 15.7 Å². The molecule has 142 valence electrons. The van der Waals surface area contributed by atoms with Crippen LogP contribution in [-0.2, 0) is 12.7 Å². The number of aromatic nitrogens is 2. The summed E-state index contributed by atoms with van der Waals surface area (Å²) in [7, 11) is 0. The lowest BCUT2D eigenvalue weighted by Gasteiger charge is -2.09. The minimum atomic E-state index is -4.65. The van der Waals surface area contributed by atoms with Gasteiger partial charge in [-0.15, -0.1) is 0 Å². The van der Waals surface area contributed by atoms with Gasteiger partial charge in [-0.05, 0) is 25.5 Å². The Balaban J connectivity index is 1.84. The van der Waals surface area contributed by atoms with E-state index in [0.29, 0.717) is 6.07 Å².